The van der Waals surface area contributed by atoms with E-state index in [1.807, 2.05) is 4.90 Å². The maximum Gasteiger partial charge on any atom is 0.433 e. The van der Waals surface area contributed by atoms with Crippen LogP contribution in [0.4, 0.5) is 23.2 Å². The Morgan fingerprint density at radius 2 is 1.92 bits per heavy atom. The average Bonchev–Trinajstić information content (AvgIpc) is 2.54. The van der Waals surface area contributed by atoms with E-state index in [1.54, 1.807) is 0 Å². The second kappa shape index (κ2) is 6.08. The monoisotopic (exact) mass is 343 g/mol. The highest BCUT2D eigenvalue weighted by molar-refractivity contribution is 5.95. The standard InChI is InChI=1S/C16H17F4N3O/c1-24-12-8-13(16(18,19)20)22-15-11(3-2-10(17)14(12)15)23-6-4-9(21)5-7-23/h2-3,8-9H,4-7,21H2,1H3. The number of fused-ring (bicyclic) bond motifs is 1. The van der Waals surface area contributed by atoms with E-state index in [0.29, 0.717) is 18.8 Å². The lowest BCUT2D eigenvalue weighted by molar-refractivity contribution is -0.141. The number of piperidine rings is 1. The molecule has 0 radical (unpaired) electrons. The molecule has 130 valence electrons. The molecule has 0 aliphatic carbocycles. The summed E-state index contributed by atoms with van der Waals surface area (Å²) in [7, 11) is 1.21. The number of nitrogens with two attached hydrogens (primary N) is 1. The summed E-state index contributed by atoms with van der Waals surface area (Å²) >= 11 is 0. The first-order chi connectivity index (χ1) is 11.3. The zero-order valence-electron chi connectivity index (χ0n) is 13.0. The first-order valence-electron chi connectivity index (χ1n) is 7.56. The van der Waals surface area contributed by atoms with Crippen molar-refractivity contribution in [3.63, 3.8) is 0 Å². The normalized spacial score (nSPS) is 16.7. The van der Waals surface area contributed by atoms with Crippen molar-refractivity contribution < 1.29 is 22.3 Å². The number of ether oxygens (including phenoxy) is 1. The van der Waals surface area contributed by atoms with E-state index in [1.165, 1.54) is 19.2 Å². The number of rotatable bonds is 2. The van der Waals surface area contributed by atoms with Gasteiger partial charge in [0.05, 0.1) is 18.2 Å². The number of halogens is 4. The Kier molecular flexibility index (Phi) is 4.25. The molecule has 3 rings (SSSR count). The van der Waals surface area contributed by atoms with Crippen LogP contribution in [0.1, 0.15) is 18.5 Å². The average molecular weight is 343 g/mol. The molecule has 1 aromatic heterocycles. The molecule has 0 amide bonds. The maximum absolute atomic E-state index is 14.2. The fourth-order valence-corrected chi connectivity index (χ4v) is 2.95. The smallest absolute Gasteiger partial charge is 0.433 e. The summed E-state index contributed by atoms with van der Waals surface area (Å²) in [6.07, 6.45) is -3.21. The Labute approximate surface area is 136 Å². The number of nitrogens with zero attached hydrogens (tertiary/aromatic N) is 2. The molecule has 0 saturated carbocycles. The quantitative estimate of drug-likeness (QED) is 0.850. The Balaban J connectivity index is 2.21. The number of alkyl halides is 3. The van der Waals surface area contributed by atoms with Gasteiger partial charge in [-0.25, -0.2) is 9.37 Å². The third-order valence-electron chi connectivity index (χ3n) is 4.24. The zero-order valence-corrected chi connectivity index (χ0v) is 13.0. The van der Waals surface area contributed by atoms with Crippen LogP contribution in [0.5, 0.6) is 5.75 Å². The van der Waals surface area contributed by atoms with E-state index in [-0.39, 0.29) is 22.7 Å². The van der Waals surface area contributed by atoms with E-state index in [4.69, 9.17) is 10.5 Å². The van der Waals surface area contributed by atoms with Crippen LogP contribution >= 0.6 is 0 Å². The highest BCUT2D eigenvalue weighted by atomic mass is 19.4. The summed E-state index contributed by atoms with van der Waals surface area (Å²) in [5.41, 5.74) is 5.18. The minimum absolute atomic E-state index is 0.0436. The van der Waals surface area contributed by atoms with E-state index in [2.05, 4.69) is 4.98 Å². The number of methoxy groups -OCH3 is 1. The van der Waals surface area contributed by atoms with Crippen molar-refractivity contribution in [2.24, 2.45) is 5.73 Å². The second-order valence-corrected chi connectivity index (χ2v) is 5.82. The molecule has 8 heteroatoms. The predicted molar refractivity (Wildman–Crippen MR) is 82.7 cm³/mol. The zero-order chi connectivity index (χ0) is 17.5. The topological polar surface area (TPSA) is 51.4 Å². The van der Waals surface area contributed by atoms with Crippen LogP contribution in [0, 0.1) is 5.82 Å². The van der Waals surface area contributed by atoms with Crippen LogP contribution < -0.4 is 15.4 Å². The van der Waals surface area contributed by atoms with Crippen molar-refractivity contribution >= 4 is 16.6 Å². The summed E-state index contributed by atoms with van der Waals surface area (Å²) in [5, 5.41) is -0.0436. The number of anilines is 1. The number of benzene rings is 1. The minimum atomic E-state index is -4.64. The fourth-order valence-electron chi connectivity index (χ4n) is 2.95. The molecule has 0 bridgehead atoms. The predicted octanol–water partition coefficient (Wildman–Crippen LogP) is 3.33. The van der Waals surface area contributed by atoms with Gasteiger partial charge in [0.1, 0.15) is 22.8 Å². The third kappa shape index (κ3) is 2.98. The summed E-state index contributed by atoms with van der Waals surface area (Å²) in [6, 6.07) is 3.48. The molecule has 1 saturated heterocycles. The van der Waals surface area contributed by atoms with Crippen LogP contribution in [0.25, 0.3) is 10.9 Å². The van der Waals surface area contributed by atoms with E-state index in [9.17, 15) is 17.6 Å². The van der Waals surface area contributed by atoms with E-state index >= 15 is 0 Å². The molecule has 2 heterocycles. The second-order valence-electron chi connectivity index (χ2n) is 5.82. The van der Waals surface area contributed by atoms with Gasteiger partial charge in [-0.05, 0) is 25.0 Å². The molecule has 4 nitrogen and oxygen atoms in total. The van der Waals surface area contributed by atoms with E-state index in [0.717, 1.165) is 18.9 Å². The van der Waals surface area contributed by atoms with Crippen molar-refractivity contribution in [3.05, 3.63) is 29.7 Å². The largest absolute Gasteiger partial charge is 0.496 e. The van der Waals surface area contributed by atoms with Crippen LogP contribution in [0.15, 0.2) is 18.2 Å². The summed E-state index contributed by atoms with van der Waals surface area (Å²) in [6.45, 7) is 1.17. The molecule has 24 heavy (non-hydrogen) atoms. The van der Waals surface area contributed by atoms with Gasteiger partial charge in [0.25, 0.3) is 0 Å². The van der Waals surface area contributed by atoms with Crippen LogP contribution in [-0.4, -0.2) is 31.2 Å². The van der Waals surface area contributed by atoms with Crippen LogP contribution in [0.3, 0.4) is 0 Å². The lowest BCUT2D eigenvalue weighted by Gasteiger charge is -2.32. The van der Waals surface area contributed by atoms with Gasteiger partial charge in [0.2, 0.25) is 0 Å². The molecule has 1 aliphatic rings. The molecule has 0 spiro atoms. The summed E-state index contributed by atoms with van der Waals surface area (Å²) < 4.78 is 58.6. The van der Waals surface area contributed by atoms with Crippen LogP contribution in [-0.2, 0) is 6.18 Å². The molecular weight excluding hydrogens is 326 g/mol. The molecular formula is C16H17F4N3O. The fraction of sp³-hybridized carbons (Fsp3) is 0.438. The van der Waals surface area contributed by atoms with Gasteiger partial charge in [-0.1, -0.05) is 0 Å². The Morgan fingerprint density at radius 1 is 1.25 bits per heavy atom. The molecule has 2 N–H and O–H groups in total. The van der Waals surface area contributed by atoms with Crippen LogP contribution in [0.2, 0.25) is 0 Å². The third-order valence-corrected chi connectivity index (χ3v) is 4.24. The van der Waals surface area contributed by atoms with Crippen molar-refractivity contribution in [3.8, 4) is 5.75 Å². The van der Waals surface area contributed by atoms with Crippen molar-refractivity contribution in [2.45, 2.75) is 25.1 Å². The number of pyridine rings is 1. The maximum atomic E-state index is 14.2. The molecule has 0 unspecified atom stereocenters. The molecule has 2 aromatic rings. The van der Waals surface area contributed by atoms with E-state index < -0.39 is 17.7 Å². The SMILES string of the molecule is COc1cc(C(F)(F)F)nc2c(N3CCC(N)CC3)ccc(F)c12. The first-order valence-corrected chi connectivity index (χ1v) is 7.56. The first kappa shape index (κ1) is 16.8. The number of hydrogen-bond acceptors (Lipinski definition) is 4. The van der Waals surface area contributed by atoms with Gasteiger partial charge in [-0.15, -0.1) is 0 Å². The molecule has 1 fully saturated rings. The van der Waals surface area contributed by atoms with Gasteiger partial charge in [-0.2, -0.15) is 13.2 Å². The lowest BCUT2D eigenvalue weighted by atomic mass is 10.0. The highest BCUT2D eigenvalue weighted by Gasteiger charge is 2.34. The van der Waals surface area contributed by atoms with Gasteiger partial charge in [0, 0.05) is 25.2 Å². The van der Waals surface area contributed by atoms with Crippen molar-refractivity contribution in [2.75, 3.05) is 25.1 Å². The van der Waals surface area contributed by atoms with Gasteiger partial charge in [0.15, 0.2) is 0 Å². The summed E-state index contributed by atoms with van der Waals surface area (Å²) in [5.74, 6) is -0.846. The molecule has 1 aromatic carbocycles. The molecule has 0 atom stereocenters. The van der Waals surface area contributed by atoms with Gasteiger partial charge >= 0.3 is 6.18 Å². The lowest BCUT2D eigenvalue weighted by Crippen LogP contribution is -2.39. The molecule has 1 aliphatic heterocycles. The summed E-state index contributed by atoms with van der Waals surface area (Å²) in [4.78, 5) is 5.58. The Bertz CT molecular complexity index is 755. The Hall–Kier alpha value is -2.09. The number of hydrogen-bond donors (Lipinski definition) is 1. The highest BCUT2D eigenvalue weighted by Crippen LogP contribution is 2.39. The Morgan fingerprint density at radius 3 is 2.50 bits per heavy atom. The minimum Gasteiger partial charge on any atom is -0.496 e. The van der Waals surface area contributed by atoms with Gasteiger partial charge < -0.3 is 15.4 Å². The number of aromatic nitrogens is 1. The van der Waals surface area contributed by atoms with Crippen molar-refractivity contribution in [1.29, 1.82) is 0 Å². The van der Waals surface area contributed by atoms with Gasteiger partial charge in [-0.3, -0.25) is 0 Å². The van der Waals surface area contributed by atoms with Crippen molar-refractivity contribution in [1.82, 2.24) is 4.98 Å².